The van der Waals surface area contributed by atoms with Crippen LogP contribution in [0.4, 0.5) is 0 Å². The number of methoxy groups -OCH3 is 1. The fourth-order valence-corrected chi connectivity index (χ4v) is 3.21. The van der Waals surface area contributed by atoms with Crippen LogP contribution in [0.25, 0.3) is 0 Å². The van der Waals surface area contributed by atoms with Gasteiger partial charge in [0.05, 0.1) is 13.2 Å². The van der Waals surface area contributed by atoms with Crippen LogP contribution in [-0.2, 0) is 22.7 Å². The lowest BCUT2D eigenvalue weighted by Gasteiger charge is -2.34. The van der Waals surface area contributed by atoms with E-state index in [9.17, 15) is 4.79 Å². The summed E-state index contributed by atoms with van der Waals surface area (Å²) in [4.78, 5) is 18.2. The predicted octanol–water partition coefficient (Wildman–Crippen LogP) is 2.50. The smallest absolute Gasteiger partial charge is 0.217 e. The zero-order valence-corrected chi connectivity index (χ0v) is 18.1. The van der Waals surface area contributed by atoms with Gasteiger partial charge in [0, 0.05) is 33.2 Å². The van der Waals surface area contributed by atoms with E-state index in [0.717, 1.165) is 44.0 Å². The molecule has 0 radical (unpaired) electrons. The van der Waals surface area contributed by atoms with Crippen molar-refractivity contribution >= 4 is 35.8 Å². The number of aliphatic imine (C=N–C) groups is 1. The third kappa shape index (κ3) is 7.49. The number of piperidine rings is 1. The minimum atomic E-state index is -0.218. The number of primary amides is 1. The van der Waals surface area contributed by atoms with Crippen molar-refractivity contribution in [3.8, 4) is 0 Å². The molecule has 1 aliphatic heterocycles. The van der Waals surface area contributed by atoms with E-state index in [2.05, 4.69) is 41.4 Å². The number of carbonyl (C=O) groups is 1. The molecule has 1 saturated heterocycles. The lowest BCUT2D eigenvalue weighted by Crippen LogP contribution is -2.47. The SMILES string of the molecule is CCNC(=NCc1ccc(COC)cc1)N1CCCC(CC(N)=O)C1.I. The zero-order chi connectivity index (χ0) is 18.1. The number of nitrogens with two attached hydrogens (primary N) is 1. The molecule has 0 aromatic heterocycles. The summed E-state index contributed by atoms with van der Waals surface area (Å²) >= 11 is 0. The number of guanidine groups is 1. The van der Waals surface area contributed by atoms with Gasteiger partial charge in [0.1, 0.15) is 0 Å². The van der Waals surface area contributed by atoms with Gasteiger partial charge in [0.15, 0.2) is 5.96 Å². The number of hydrogen-bond acceptors (Lipinski definition) is 3. The van der Waals surface area contributed by atoms with E-state index in [0.29, 0.717) is 25.5 Å². The molecular formula is C19H31IN4O2. The number of likely N-dealkylation sites (tertiary alicyclic amines) is 1. The van der Waals surface area contributed by atoms with Crippen LogP contribution in [-0.4, -0.2) is 43.5 Å². The number of nitrogens with one attached hydrogen (secondary N) is 1. The first-order valence-electron chi connectivity index (χ1n) is 9.00. The summed E-state index contributed by atoms with van der Waals surface area (Å²) in [6.45, 7) is 5.95. The summed E-state index contributed by atoms with van der Waals surface area (Å²) < 4.78 is 5.14. The van der Waals surface area contributed by atoms with Crippen LogP contribution in [0.2, 0.25) is 0 Å². The topological polar surface area (TPSA) is 80.0 Å². The molecule has 0 spiro atoms. The van der Waals surface area contributed by atoms with Crippen molar-refractivity contribution in [1.29, 1.82) is 0 Å². The van der Waals surface area contributed by atoms with Crippen molar-refractivity contribution in [2.24, 2.45) is 16.6 Å². The van der Waals surface area contributed by atoms with Crippen LogP contribution in [0.5, 0.6) is 0 Å². The van der Waals surface area contributed by atoms with Crippen LogP contribution in [0.1, 0.15) is 37.3 Å². The monoisotopic (exact) mass is 474 g/mol. The van der Waals surface area contributed by atoms with Gasteiger partial charge in [0.2, 0.25) is 5.91 Å². The van der Waals surface area contributed by atoms with Crippen molar-refractivity contribution < 1.29 is 9.53 Å². The van der Waals surface area contributed by atoms with Crippen molar-refractivity contribution in [1.82, 2.24) is 10.2 Å². The summed E-state index contributed by atoms with van der Waals surface area (Å²) in [5, 5.41) is 3.37. The first-order valence-corrected chi connectivity index (χ1v) is 9.00. The van der Waals surface area contributed by atoms with E-state index < -0.39 is 0 Å². The minimum absolute atomic E-state index is 0. The number of halogens is 1. The maximum absolute atomic E-state index is 11.2. The lowest BCUT2D eigenvalue weighted by atomic mass is 9.95. The van der Waals surface area contributed by atoms with E-state index >= 15 is 0 Å². The van der Waals surface area contributed by atoms with Crippen molar-refractivity contribution in [3.05, 3.63) is 35.4 Å². The van der Waals surface area contributed by atoms with Crippen LogP contribution in [0.15, 0.2) is 29.3 Å². The molecule has 1 aliphatic rings. The van der Waals surface area contributed by atoms with Gasteiger partial charge in [-0.05, 0) is 36.8 Å². The Morgan fingerprint density at radius 3 is 2.65 bits per heavy atom. The fourth-order valence-electron chi connectivity index (χ4n) is 3.21. The quantitative estimate of drug-likeness (QED) is 0.362. The first-order chi connectivity index (χ1) is 12.1. The molecule has 1 aromatic carbocycles. The average Bonchev–Trinajstić information content (AvgIpc) is 2.60. The highest BCUT2D eigenvalue weighted by Gasteiger charge is 2.23. The zero-order valence-electron chi connectivity index (χ0n) is 15.7. The molecule has 1 aromatic rings. The Morgan fingerprint density at radius 1 is 1.35 bits per heavy atom. The number of amides is 1. The summed E-state index contributed by atoms with van der Waals surface area (Å²) in [6, 6.07) is 8.33. The molecule has 2 rings (SSSR count). The highest BCUT2D eigenvalue weighted by atomic mass is 127. The van der Waals surface area contributed by atoms with Gasteiger partial charge in [-0.2, -0.15) is 0 Å². The van der Waals surface area contributed by atoms with Crippen molar-refractivity contribution in [3.63, 3.8) is 0 Å². The number of hydrogen-bond donors (Lipinski definition) is 2. The van der Waals surface area contributed by atoms with E-state index in [1.165, 1.54) is 5.56 Å². The number of benzene rings is 1. The summed E-state index contributed by atoms with van der Waals surface area (Å²) in [6.07, 6.45) is 2.57. The third-order valence-corrected chi connectivity index (χ3v) is 4.39. The molecular weight excluding hydrogens is 443 g/mol. The van der Waals surface area contributed by atoms with Gasteiger partial charge in [-0.15, -0.1) is 24.0 Å². The van der Waals surface area contributed by atoms with Crippen LogP contribution in [0.3, 0.4) is 0 Å². The largest absolute Gasteiger partial charge is 0.380 e. The van der Waals surface area contributed by atoms with Crippen molar-refractivity contribution in [2.75, 3.05) is 26.7 Å². The molecule has 146 valence electrons. The van der Waals surface area contributed by atoms with Gasteiger partial charge >= 0.3 is 0 Å². The lowest BCUT2D eigenvalue weighted by molar-refractivity contribution is -0.119. The standard InChI is InChI=1S/C19H30N4O2.HI/c1-3-21-19(23-10-4-5-17(13-23)11-18(20)24)22-12-15-6-8-16(9-7-15)14-25-2;/h6-9,17H,3-5,10-14H2,1-2H3,(H2,20,24)(H,21,22);1H. The predicted molar refractivity (Wildman–Crippen MR) is 115 cm³/mol. The van der Waals surface area contributed by atoms with E-state index in [-0.39, 0.29) is 29.9 Å². The first kappa shape index (κ1) is 22.7. The highest BCUT2D eigenvalue weighted by molar-refractivity contribution is 14.0. The molecule has 0 saturated carbocycles. The molecule has 1 unspecified atom stereocenters. The highest BCUT2D eigenvalue weighted by Crippen LogP contribution is 2.19. The van der Waals surface area contributed by atoms with E-state index in [1.807, 2.05) is 0 Å². The number of carbonyl (C=O) groups excluding carboxylic acids is 1. The number of ether oxygens (including phenoxy) is 1. The van der Waals surface area contributed by atoms with E-state index in [4.69, 9.17) is 15.5 Å². The van der Waals surface area contributed by atoms with Gasteiger partial charge in [-0.25, -0.2) is 4.99 Å². The molecule has 7 heteroatoms. The molecule has 3 N–H and O–H groups in total. The van der Waals surface area contributed by atoms with Crippen molar-refractivity contribution in [2.45, 2.75) is 39.3 Å². The Kier molecular flexibility index (Phi) is 10.6. The Bertz CT molecular complexity index is 577. The second-order valence-electron chi connectivity index (χ2n) is 6.54. The van der Waals surface area contributed by atoms with Gasteiger partial charge < -0.3 is 20.7 Å². The van der Waals surface area contributed by atoms with Crippen LogP contribution < -0.4 is 11.1 Å². The minimum Gasteiger partial charge on any atom is -0.380 e. The van der Waals surface area contributed by atoms with Gasteiger partial charge in [0.25, 0.3) is 0 Å². The Hall–Kier alpha value is -1.35. The van der Waals surface area contributed by atoms with E-state index in [1.54, 1.807) is 7.11 Å². The molecule has 0 bridgehead atoms. The molecule has 1 amide bonds. The fraction of sp³-hybridized carbons (Fsp3) is 0.579. The maximum Gasteiger partial charge on any atom is 0.217 e. The Morgan fingerprint density at radius 2 is 2.04 bits per heavy atom. The Labute approximate surface area is 173 Å². The number of rotatable bonds is 7. The summed E-state index contributed by atoms with van der Waals surface area (Å²) in [5.74, 6) is 1.02. The Balaban J connectivity index is 0.00000338. The van der Waals surface area contributed by atoms with Crippen LogP contribution in [0, 0.1) is 5.92 Å². The normalized spacial score (nSPS) is 17.5. The second kappa shape index (κ2) is 12.1. The molecule has 1 heterocycles. The molecule has 0 aliphatic carbocycles. The summed E-state index contributed by atoms with van der Waals surface area (Å²) in [5.41, 5.74) is 7.69. The third-order valence-electron chi connectivity index (χ3n) is 4.39. The number of nitrogens with zero attached hydrogens (tertiary/aromatic N) is 2. The second-order valence-corrected chi connectivity index (χ2v) is 6.54. The molecule has 6 nitrogen and oxygen atoms in total. The molecule has 1 atom stereocenters. The average molecular weight is 474 g/mol. The van der Waals surface area contributed by atoms with Crippen LogP contribution >= 0.6 is 24.0 Å². The van der Waals surface area contributed by atoms with Gasteiger partial charge in [-0.3, -0.25) is 4.79 Å². The molecule has 1 fully saturated rings. The van der Waals surface area contributed by atoms with Gasteiger partial charge in [-0.1, -0.05) is 24.3 Å². The summed E-state index contributed by atoms with van der Waals surface area (Å²) in [7, 11) is 1.70. The maximum atomic E-state index is 11.2. The molecule has 26 heavy (non-hydrogen) atoms.